The van der Waals surface area contributed by atoms with Crippen LogP contribution in [0.1, 0.15) is 38.5 Å². The monoisotopic (exact) mass is 374 g/mol. The molecule has 0 aliphatic carbocycles. The average molecular weight is 375 g/mol. The summed E-state index contributed by atoms with van der Waals surface area (Å²) < 4.78 is 10.8. The van der Waals surface area contributed by atoms with Crippen molar-refractivity contribution in [3.63, 3.8) is 0 Å². The first kappa shape index (κ1) is 17.3. The van der Waals surface area contributed by atoms with Crippen LogP contribution in [0.5, 0.6) is 5.75 Å². The van der Waals surface area contributed by atoms with Crippen molar-refractivity contribution in [2.45, 2.75) is 19.8 Å². The van der Waals surface area contributed by atoms with Crippen molar-refractivity contribution in [1.82, 2.24) is 0 Å². The molecular formula is C18H15ClN2O3S. The molecule has 2 heterocycles. The lowest BCUT2D eigenvalue weighted by molar-refractivity contribution is 0.0522. The fraction of sp³-hybridized carbons (Fsp3) is 0.222. The molecule has 0 unspecified atom stereocenters. The lowest BCUT2D eigenvalue weighted by Crippen LogP contribution is -2.21. The van der Waals surface area contributed by atoms with Gasteiger partial charge in [0.25, 0.3) is 0 Å². The number of rotatable bonds is 3. The van der Waals surface area contributed by atoms with Crippen LogP contribution in [0.2, 0.25) is 5.02 Å². The van der Waals surface area contributed by atoms with E-state index < -0.39 is 11.9 Å². The fourth-order valence-corrected chi connectivity index (χ4v) is 4.29. The highest BCUT2D eigenvalue weighted by Crippen LogP contribution is 2.50. The Hall–Kier alpha value is -2.49. The molecule has 1 aromatic carbocycles. The molecule has 0 amide bonds. The van der Waals surface area contributed by atoms with E-state index in [-0.39, 0.29) is 18.1 Å². The summed E-state index contributed by atoms with van der Waals surface area (Å²) in [6, 6.07) is 9.36. The first-order chi connectivity index (χ1) is 12.0. The Labute approximate surface area is 154 Å². The van der Waals surface area contributed by atoms with Crippen LogP contribution >= 0.6 is 22.9 Å². The van der Waals surface area contributed by atoms with Gasteiger partial charge in [0.2, 0.25) is 5.88 Å². The Morgan fingerprint density at radius 2 is 2.20 bits per heavy atom. The van der Waals surface area contributed by atoms with Gasteiger partial charge in [0.15, 0.2) is 5.75 Å². The molecule has 1 atom stereocenters. The Balaban J connectivity index is 2.24. The largest absolute Gasteiger partial charge is 0.462 e. The lowest BCUT2D eigenvalue weighted by atomic mass is 9.88. The van der Waals surface area contributed by atoms with Crippen LogP contribution in [0.3, 0.4) is 0 Å². The maximum atomic E-state index is 12.3. The van der Waals surface area contributed by atoms with Crippen molar-refractivity contribution < 1.29 is 14.3 Å². The number of carbonyl (C=O) groups excluding carboxylic acids is 1. The van der Waals surface area contributed by atoms with Gasteiger partial charge in [0.1, 0.15) is 17.2 Å². The van der Waals surface area contributed by atoms with Crippen molar-refractivity contribution in [2.24, 2.45) is 5.73 Å². The molecule has 1 aliphatic rings. The predicted octanol–water partition coefficient (Wildman–Crippen LogP) is 4.10. The molecule has 0 saturated carbocycles. The third-order valence-corrected chi connectivity index (χ3v) is 5.41. The normalized spacial score (nSPS) is 16.0. The summed E-state index contributed by atoms with van der Waals surface area (Å²) in [5.41, 5.74) is 7.34. The molecule has 25 heavy (non-hydrogen) atoms. The summed E-state index contributed by atoms with van der Waals surface area (Å²) in [6.07, 6.45) is 0. The molecule has 1 aliphatic heterocycles. The van der Waals surface area contributed by atoms with Gasteiger partial charge in [-0.05, 0) is 25.5 Å². The van der Waals surface area contributed by atoms with Crippen LogP contribution in [-0.2, 0) is 4.74 Å². The SMILES string of the molecule is CCOC(=O)c1c(C)sc2c1OC(N)=C(C#N)[C@H]2c1ccccc1Cl. The van der Waals surface area contributed by atoms with E-state index in [9.17, 15) is 10.1 Å². The molecule has 5 nitrogen and oxygen atoms in total. The molecule has 0 spiro atoms. The predicted molar refractivity (Wildman–Crippen MR) is 95.8 cm³/mol. The number of hydrogen-bond acceptors (Lipinski definition) is 6. The molecule has 0 fully saturated rings. The first-order valence-electron chi connectivity index (χ1n) is 7.62. The fourth-order valence-electron chi connectivity index (χ4n) is 2.84. The highest BCUT2D eigenvalue weighted by molar-refractivity contribution is 7.12. The lowest BCUT2D eigenvalue weighted by Gasteiger charge is -2.24. The number of fused-ring (bicyclic) bond motifs is 1. The number of hydrogen-bond donors (Lipinski definition) is 1. The van der Waals surface area contributed by atoms with Gasteiger partial charge in [0.05, 0.1) is 17.4 Å². The highest BCUT2D eigenvalue weighted by atomic mass is 35.5. The number of nitriles is 1. The van der Waals surface area contributed by atoms with Gasteiger partial charge >= 0.3 is 5.97 Å². The summed E-state index contributed by atoms with van der Waals surface area (Å²) in [5, 5.41) is 10.1. The number of esters is 1. The topological polar surface area (TPSA) is 85.3 Å². The minimum absolute atomic E-state index is 0.0248. The second-order valence-electron chi connectivity index (χ2n) is 5.39. The minimum atomic E-state index is -0.477. The molecular weight excluding hydrogens is 360 g/mol. The van der Waals surface area contributed by atoms with Crippen LogP contribution in [0.4, 0.5) is 0 Å². The smallest absolute Gasteiger partial charge is 0.343 e. The molecule has 7 heteroatoms. The van der Waals surface area contributed by atoms with Gasteiger partial charge in [0, 0.05) is 9.90 Å². The number of nitrogens with two attached hydrogens (primary N) is 1. The molecule has 3 rings (SSSR count). The van der Waals surface area contributed by atoms with Gasteiger partial charge < -0.3 is 15.2 Å². The molecule has 0 bridgehead atoms. The number of thiophene rings is 1. The van der Waals surface area contributed by atoms with Gasteiger partial charge in [-0.15, -0.1) is 11.3 Å². The van der Waals surface area contributed by atoms with E-state index in [2.05, 4.69) is 6.07 Å². The van der Waals surface area contributed by atoms with Crippen molar-refractivity contribution in [2.75, 3.05) is 6.61 Å². The van der Waals surface area contributed by atoms with Crippen molar-refractivity contribution in [3.8, 4) is 11.8 Å². The number of nitrogens with zero attached hydrogens (tertiary/aromatic N) is 1. The van der Waals surface area contributed by atoms with E-state index >= 15 is 0 Å². The van der Waals surface area contributed by atoms with Gasteiger partial charge in [-0.3, -0.25) is 0 Å². The zero-order valence-electron chi connectivity index (χ0n) is 13.6. The summed E-state index contributed by atoms with van der Waals surface area (Å²) in [6.45, 7) is 3.80. The molecule has 2 aromatic rings. The number of benzene rings is 1. The van der Waals surface area contributed by atoms with Crippen LogP contribution in [0.25, 0.3) is 0 Å². The Morgan fingerprint density at radius 1 is 1.48 bits per heavy atom. The van der Waals surface area contributed by atoms with E-state index in [1.54, 1.807) is 13.0 Å². The number of ether oxygens (including phenoxy) is 2. The highest BCUT2D eigenvalue weighted by Gasteiger charge is 2.37. The number of carbonyl (C=O) groups is 1. The van der Waals surface area contributed by atoms with Crippen LogP contribution in [0.15, 0.2) is 35.7 Å². The average Bonchev–Trinajstić information content (AvgIpc) is 2.90. The molecule has 2 N–H and O–H groups in total. The van der Waals surface area contributed by atoms with Crippen LogP contribution in [0, 0.1) is 18.3 Å². The Kier molecular flexibility index (Phi) is 4.71. The second-order valence-corrected chi connectivity index (χ2v) is 7.06. The quantitative estimate of drug-likeness (QED) is 0.817. The van der Waals surface area contributed by atoms with Crippen molar-refractivity contribution in [3.05, 3.63) is 61.6 Å². The maximum absolute atomic E-state index is 12.3. The number of aryl methyl sites for hydroxylation is 1. The zero-order chi connectivity index (χ0) is 18.1. The van der Waals surface area contributed by atoms with E-state index in [0.717, 1.165) is 15.3 Å². The maximum Gasteiger partial charge on any atom is 0.343 e. The third kappa shape index (κ3) is 2.86. The zero-order valence-corrected chi connectivity index (χ0v) is 15.2. The van der Waals surface area contributed by atoms with Gasteiger partial charge in [-0.1, -0.05) is 29.8 Å². The second kappa shape index (κ2) is 6.79. The van der Waals surface area contributed by atoms with Crippen LogP contribution in [-0.4, -0.2) is 12.6 Å². The molecule has 0 radical (unpaired) electrons. The van der Waals surface area contributed by atoms with Gasteiger partial charge in [-0.25, -0.2) is 4.79 Å². The molecule has 1 aromatic heterocycles. The van der Waals surface area contributed by atoms with Crippen LogP contribution < -0.4 is 10.5 Å². The summed E-state index contributed by atoms with van der Waals surface area (Å²) >= 11 is 7.73. The third-order valence-electron chi connectivity index (χ3n) is 3.91. The summed E-state index contributed by atoms with van der Waals surface area (Å²) in [4.78, 5) is 13.8. The van der Waals surface area contributed by atoms with Crippen molar-refractivity contribution >= 4 is 28.9 Å². The first-order valence-corrected chi connectivity index (χ1v) is 8.81. The minimum Gasteiger partial charge on any atom is -0.462 e. The van der Waals surface area contributed by atoms with E-state index in [4.69, 9.17) is 26.8 Å². The molecule has 128 valence electrons. The van der Waals surface area contributed by atoms with E-state index in [1.807, 2.05) is 25.1 Å². The Morgan fingerprint density at radius 3 is 2.84 bits per heavy atom. The number of halogens is 1. The van der Waals surface area contributed by atoms with E-state index in [0.29, 0.717) is 16.3 Å². The Bertz CT molecular complexity index is 927. The molecule has 0 saturated heterocycles. The van der Waals surface area contributed by atoms with Crippen molar-refractivity contribution in [1.29, 1.82) is 5.26 Å². The van der Waals surface area contributed by atoms with E-state index in [1.165, 1.54) is 11.3 Å². The standard InChI is InChI=1S/C18H15ClN2O3S/c1-3-23-18(22)13-9(2)25-16-14(10-6-4-5-7-12(10)19)11(8-20)17(21)24-15(13)16/h4-7,14H,3,21H2,1-2H3/t14-/m1/s1. The summed E-state index contributed by atoms with van der Waals surface area (Å²) in [5.74, 6) is -0.622. The number of allylic oxidation sites excluding steroid dienone is 1. The van der Waals surface area contributed by atoms with Gasteiger partial charge in [-0.2, -0.15) is 5.26 Å². The summed E-state index contributed by atoms with van der Waals surface area (Å²) in [7, 11) is 0.